The molecule has 0 saturated carbocycles. The van der Waals surface area contributed by atoms with Crippen LogP contribution in [0.25, 0.3) is 0 Å². The molecule has 9 heteroatoms. The van der Waals surface area contributed by atoms with Gasteiger partial charge in [0.05, 0.1) is 16.4 Å². The summed E-state index contributed by atoms with van der Waals surface area (Å²) in [7, 11) is -3.96. The number of halogens is 1. The van der Waals surface area contributed by atoms with E-state index in [4.69, 9.17) is 16.7 Å². The zero-order chi connectivity index (χ0) is 15.5. The Morgan fingerprint density at radius 2 is 2.10 bits per heavy atom. The molecule has 20 heavy (non-hydrogen) atoms. The molecule has 0 saturated heterocycles. The molecule has 0 aromatic heterocycles. The summed E-state index contributed by atoms with van der Waals surface area (Å²) in [6.45, 7) is 2.84. The van der Waals surface area contributed by atoms with Crippen LogP contribution in [0.5, 0.6) is 0 Å². The number of benzene rings is 1. The van der Waals surface area contributed by atoms with Gasteiger partial charge in [0.1, 0.15) is 5.02 Å². The van der Waals surface area contributed by atoms with Crippen LogP contribution in [0.1, 0.15) is 18.9 Å². The summed E-state index contributed by atoms with van der Waals surface area (Å²) in [6.07, 6.45) is 0.393. The second-order valence-electron chi connectivity index (χ2n) is 4.24. The Morgan fingerprint density at radius 1 is 1.50 bits per heavy atom. The van der Waals surface area contributed by atoms with Crippen LogP contribution in [-0.2, 0) is 10.0 Å². The standard InChI is InChI=1S/C11H15ClN2O5S/c1-3-8(6-15)13-20(18,19)11-5-10(14(16)17)9(12)4-7(11)2/h4-5,8,13,15H,3,6H2,1-2H3. The highest BCUT2D eigenvalue weighted by Crippen LogP contribution is 2.30. The second-order valence-corrected chi connectivity index (χ2v) is 6.32. The Hall–Kier alpha value is -1.22. The summed E-state index contributed by atoms with van der Waals surface area (Å²) in [6, 6.07) is 1.51. The molecular weight excluding hydrogens is 308 g/mol. The number of nitro groups is 1. The number of sulfonamides is 1. The van der Waals surface area contributed by atoms with Gasteiger partial charge in [-0.25, -0.2) is 13.1 Å². The fraction of sp³-hybridized carbons (Fsp3) is 0.455. The van der Waals surface area contributed by atoms with E-state index in [9.17, 15) is 18.5 Å². The zero-order valence-electron chi connectivity index (χ0n) is 11.0. The van der Waals surface area contributed by atoms with E-state index in [1.807, 2.05) is 0 Å². The largest absolute Gasteiger partial charge is 0.395 e. The van der Waals surface area contributed by atoms with E-state index in [1.165, 1.54) is 13.0 Å². The third-order valence-electron chi connectivity index (χ3n) is 2.77. The van der Waals surface area contributed by atoms with Gasteiger partial charge in [-0.1, -0.05) is 18.5 Å². The number of nitro benzene ring substituents is 1. The lowest BCUT2D eigenvalue weighted by Crippen LogP contribution is -2.37. The Labute approximate surface area is 121 Å². The average Bonchev–Trinajstić information content (AvgIpc) is 2.35. The maximum atomic E-state index is 12.2. The number of nitrogens with one attached hydrogen (secondary N) is 1. The second kappa shape index (κ2) is 6.49. The topological polar surface area (TPSA) is 110 Å². The number of hydrogen-bond acceptors (Lipinski definition) is 5. The van der Waals surface area contributed by atoms with Gasteiger partial charge in [0.15, 0.2) is 0 Å². The predicted octanol–water partition coefficient (Wildman–Crippen LogP) is 1.61. The van der Waals surface area contributed by atoms with Crippen LogP contribution in [0.15, 0.2) is 17.0 Å². The van der Waals surface area contributed by atoms with Crippen LogP contribution >= 0.6 is 11.6 Å². The zero-order valence-corrected chi connectivity index (χ0v) is 12.5. The van der Waals surface area contributed by atoms with E-state index >= 15 is 0 Å². The van der Waals surface area contributed by atoms with E-state index in [2.05, 4.69) is 4.72 Å². The molecule has 1 aromatic carbocycles. The average molecular weight is 323 g/mol. The van der Waals surface area contributed by atoms with Gasteiger partial charge in [-0.2, -0.15) is 0 Å². The van der Waals surface area contributed by atoms with Crippen molar-refractivity contribution < 1.29 is 18.4 Å². The van der Waals surface area contributed by atoms with Crippen molar-refractivity contribution in [3.8, 4) is 0 Å². The van der Waals surface area contributed by atoms with Gasteiger partial charge < -0.3 is 5.11 Å². The number of aliphatic hydroxyl groups excluding tert-OH is 1. The molecule has 0 aliphatic carbocycles. The van der Waals surface area contributed by atoms with Crippen molar-refractivity contribution >= 4 is 27.3 Å². The molecule has 0 amide bonds. The Morgan fingerprint density at radius 3 is 2.55 bits per heavy atom. The quantitative estimate of drug-likeness (QED) is 0.610. The maximum Gasteiger partial charge on any atom is 0.289 e. The number of nitrogens with zero attached hydrogens (tertiary/aromatic N) is 1. The maximum absolute atomic E-state index is 12.2. The van der Waals surface area contributed by atoms with Gasteiger partial charge in [-0.3, -0.25) is 10.1 Å². The van der Waals surface area contributed by atoms with Crippen LogP contribution < -0.4 is 4.72 Å². The fourth-order valence-electron chi connectivity index (χ4n) is 1.60. The number of hydrogen-bond donors (Lipinski definition) is 2. The summed E-state index contributed by atoms with van der Waals surface area (Å²) in [5.41, 5.74) is -0.185. The summed E-state index contributed by atoms with van der Waals surface area (Å²) in [5.74, 6) is 0. The minimum absolute atomic E-state index is 0.124. The van der Waals surface area contributed by atoms with Crippen LogP contribution in [0.4, 0.5) is 5.69 Å². The molecule has 2 N–H and O–H groups in total. The molecule has 7 nitrogen and oxygen atoms in total. The third kappa shape index (κ3) is 3.66. The van der Waals surface area contributed by atoms with Gasteiger partial charge >= 0.3 is 0 Å². The summed E-state index contributed by atoms with van der Waals surface area (Å²) in [4.78, 5) is 9.85. The lowest BCUT2D eigenvalue weighted by Gasteiger charge is -2.15. The van der Waals surface area contributed by atoms with E-state index < -0.39 is 26.7 Å². The molecule has 1 aromatic rings. The first-order chi connectivity index (χ1) is 9.22. The van der Waals surface area contributed by atoms with E-state index in [0.29, 0.717) is 12.0 Å². The molecule has 0 fully saturated rings. The Kier molecular flexibility index (Phi) is 5.46. The summed E-state index contributed by atoms with van der Waals surface area (Å²) < 4.78 is 26.7. The fourth-order valence-corrected chi connectivity index (χ4v) is 3.45. The highest BCUT2D eigenvalue weighted by Gasteiger charge is 2.25. The van der Waals surface area contributed by atoms with Crippen molar-refractivity contribution in [3.05, 3.63) is 32.8 Å². The van der Waals surface area contributed by atoms with Gasteiger partial charge in [0, 0.05) is 12.1 Å². The van der Waals surface area contributed by atoms with Crippen LogP contribution in [0.3, 0.4) is 0 Å². The first-order valence-electron chi connectivity index (χ1n) is 5.80. The minimum Gasteiger partial charge on any atom is -0.395 e. The van der Waals surface area contributed by atoms with Gasteiger partial charge in [0.2, 0.25) is 10.0 Å². The van der Waals surface area contributed by atoms with Crippen molar-refractivity contribution in [3.63, 3.8) is 0 Å². The SMILES string of the molecule is CCC(CO)NS(=O)(=O)c1cc([N+](=O)[O-])c(Cl)cc1C. The third-order valence-corrected chi connectivity index (χ3v) is 4.73. The highest BCUT2D eigenvalue weighted by molar-refractivity contribution is 7.89. The van der Waals surface area contributed by atoms with E-state index in [1.54, 1.807) is 6.92 Å². The van der Waals surface area contributed by atoms with Gasteiger partial charge in [-0.15, -0.1) is 0 Å². The minimum atomic E-state index is -3.96. The van der Waals surface area contributed by atoms with Crippen molar-refractivity contribution in [2.24, 2.45) is 0 Å². The molecule has 0 spiro atoms. The Bertz CT molecular complexity index is 613. The first kappa shape index (κ1) is 16.8. The normalized spacial score (nSPS) is 13.2. The lowest BCUT2D eigenvalue weighted by atomic mass is 10.2. The first-order valence-corrected chi connectivity index (χ1v) is 7.66. The summed E-state index contributed by atoms with van der Waals surface area (Å²) >= 11 is 5.71. The molecule has 0 bridgehead atoms. The van der Waals surface area contributed by atoms with Crippen LogP contribution in [0.2, 0.25) is 5.02 Å². The molecule has 1 atom stereocenters. The lowest BCUT2D eigenvalue weighted by molar-refractivity contribution is -0.384. The molecule has 112 valence electrons. The van der Waals surface area contributed by atoms with Crippen molar-refractivity contribution in [2.75, 3.05) is 6.61 Å². The molecule has 0 heterocycles. The smallest absolute Gasteiger partial charge is 0.289 e. The van der Waals surface area contributed by atoms with Crippen molar-refractivity contribution in [1.82, 2.24) is 4.72 Å². The van der Waals surface area contributed by atoms with Gasteiger partial charge in [-0.05, 0) is 25.0 Å². The Balaban J connectivity index is 3.31. The van der Waals surface area contributed by atoms with Crippen molar-refractivity contribution in [1.29, 1.82) is 0 Å². The van der Waals surface area contributed by atoms with E-state index in [0.717, 1.165) is 6.07 Å². The van der Waals surface area contributed by atoms with Crippen LogP contribution in [0, 0.1) is 17.0 Å². The predicted molar refractivity (Wildman–Crippen MR) is 74.3 cm³/mol. The number of rotatable bonds is 6. The van der Waals surface area contributed by atoms with E-state index in [-0.39, 0.29) is 16.5 Å². The molecule has 1 rings (SSSR count). The monoisotopic (exact) mass is 322 g/mol. The van der Waals surface area contributed by atoms with Gasteiger partial charge in [0.25, 0.3) is 5.69 Å². The molecule has 0 aliphatic heterocycles. The molecular formula is C11H15ClN2O5S. The summed E-state index contributed by atoms with van der Waals surface area (Å²) in [5, 5.41) is 19.7. The van der Waals surface area contributed by atoms with Crippen molar-refractivity contribution in [2.45, 2.75) is 31.2 Å². The molecule has 1 unspecified atom stereocenters. The highest BCUT2D eigenvalue weighted by atomic mass is 35.5. The molecule has 0 aliphatic rings. The molecule has 0 radical (unpaired) electrons. The number of aliphatic hydroxyl groups is 1. The van der Waals surface area contributed by atoms with Crippen LogP contribution in [-0.4, -0.2) is 31.1 Å². The number of aryl methyl sites for hydroxylation is 1.